The highest BCUT2D eigenvalue weighted by Crippen LogP contribution is 2.51. The van der Waals surface area contributed by atoms with Crippen molar-refractivity contribution >= 4 is 5.57 Å². The van der Waals surface area contributed by atoms with E-state index in [1.54, 1.807) is 0 Å². The first kappa shape index (κ1) is 36.6. The highest BCUT2D eigenvalue weighted by atomic mass is 14.4. The first-order chi connectivity index (χ1) is 18.2. The van der Waals surface area contributed by atoms with Crippen LogP contribution in [0.3, 0.4) is 0 Å². The second-order valence-corrected chi connectivity index (χ2v) is 8.23. The van der Waals surface area contributed by atoms with Gasteiger partial charge in [0, 0.05) is 0 Å². The van der Waals surface area contributed by atoms with Crippen molar-refractivity contribution in [2.24, 2.45) is 11.8 Å². The van der Waals surface area contributed by atoms with E-state index in [9.17, 15) is 0 Å². The Bertz CT molecular complexity index is 881. The smallest absolute Gasteiger partial charge is 0.0122 e. The Hall–Kier alpha value is -2.60. The number of hydrogen-bond acceptors (Lipinski definition) is 0. The standard InChI is InChI=1S/C29H34.4C2H6/c1-5-7-9-15-23(4)26-18-12-13-19-27(26)25-20-28(22(3)14-6-2)29(21-25)24-16-10-8-11-17-24;4*1-2/h5-19,22,25,28-29H,4,20-21H2,1-3H3;4*1-2H3/b7-5-,14-6-,15-9-;;;;. The Labute approximate surface area is 232 Å². The molecule has 37 heavy (non-hydrogen) atoms. The third-order valence-corrected chi connectivity index (χ3v) is 6.36. The SMILES string of the molecule is C=C(/C=C\C=C/C)c1ccccc1C1CC(c2ccccc2)C(C(C)/C=C\C)C1.CC.CC.CC.CC. The van der Waals surface area contributed by atoms with E-state index in [4.69, 9.17) is 0 Å². The fourth-order valence-corrected chi connectivity index (χ4v) is 4.95. The molecule has 4 unspecified atom stereocenters. The Balaban J connectivity index is 0. The highest BCUT2D eigenvalue weighted by molar-refractivity contribution is 5.75. The topological polar surface area (TPSA) is 0 Å². The normalized spacial score (nSPS) is 18.9. The highest BCUT2D eigenvalue weighted by Gasteiger charge is 2.38. The van der Waals surface area contributed by atoms with Gasteiger partial charge >= 0.3 is 0 Å². The summed E-state index contributed by atoms with van der Waals surface area (Å²) in [5.74, 6) is 2.42. The number of benzene rings is 2. The second kappa shape index (κ2) is 23.8. The van der Waals surface area contributed by atoms with Crippen molar-refractivity contribution in [3.63, 3.8) is 0 Å². The summed E-state index contributed by atoms with van der Waals surface area (Å²) in [4.78, 5) is 0. The van der Waals surface area contributed by atoms with E-state index in [0.29, 0.717) is 23.7 Å². The lowest BCUT2D eigenvalue weighted by Gasteiger charge is -2.24. The van der Waals surface area contributed by atoms with Crippen molar-refractivity contribution < 1.29 is 0 Å². The number of allylic oxidation sites excluding steroid dienone is 7. The van der Waals surface area contributed by atoms with Gasteiger partial charge in [-0.15, -0.1) is 0 Å². The first-order valence-electron chi connectivity index (χ1n) is 14.9. The van der Waals surface area contributed by atoms with Gasteiger partial charge < -0.3 is 0 Å². The Morgan fingerprint density at radius 1 is 0.757 bits per heavy atom. The molecule has 0 heteroatoms. The van der Waals surface area contributed by atoms with Gasteiger partial charge in [-0.1, -0.05) is 160 Å². The summed E-state index contributed by atoms with van der Waals surface area (Å²) in [6, 6.07) is 20.0. The van der Waals surface area contributed by atoms with E-state index in [1.807, 2.05) is 68.4 Å². The minimum Gasteiger partial charge on any atom is -0.0914 e. The lowest BCUT2D eigenvalue weighted by atomic mass is 9.81. The summed E-state index contributed by atoms with van der Waals surface area (Å²) in [6.07, 6.45) is 15.3. The number of hydrogen-bond donors (Lipinski definition) is 0. The van der Waals surface area contributed by atoms with E-state index in [0.717, 1.165) is 5.57 Å². The maximum Gasteiger partial charge on any atom is -0.0122 e. The molecular weight excluding hydrogens is 444 g/mol. The average Bonchev–Trinajstić information content (AvgIpc) is 3.44. The molecule has 2 aromatic rings. The van der Waals surface area contributed by atoms with Crippen LogP contribution in [0.4, 0.5) is 0 Å². The molecule has 0 saturated heterocycles. The van der Waals surface area contributed by atoms with Gasteiger partial charge in [-0.25, -0.2) is 0 Å². The largest absolute Gasteiger partial charge is 0.0914 e. The molecule has 206 valence electrons. The van der Waals surface area contributed by atoms with Crippen molar-refractivity contribution in [3.05, 3.63) is 114 Å². The molecule has 3 rings (SSSR count). The number of rotatable bonds is 7. The monoisotopic (exact) mass is 502 g/mol. The molecule has 0 aromatic heterocycles. The minimum atomic E-state index is 0.570. The predicted octanol–water partition coefficient (Wildman–Crippen LogP) is 12.4. The molecule has 0 spiro atoms. The molecule has 1 aliphatic rings. The van der Waals surface area contributed by atoms with Gasteiger partial charge in [0.2, 0.25) is 0 Å². The van der Waals surface area contributed by atoms with Gasteiger partial charge in [-0.2, -0.15) is 0 Å². The van der Waals surface area contributed by atoms with Crippen LogP contribution < -0.4 is 0 Å². The lowest BCUT2D eigenvalue weighted by molar-refractivity contribution is 0.387. The van der Waals surface area contributed by atoms with Gasteiger partial charge in [0.05, 0.1) is 0 Å². The van der Waals surface area contributed by atoms with Crippen LogP contribution in [-0.4, -0.2) is 0 Å². The van der Waals surface area contributed by atoms with Crippen molar-refractivity contribution in [1.82, 2.24) is 0 Å². The van der Waals surface area contributed by atoms with Gasteiger partial charge in [-0.05, 0) is 72.6 Å². The predicted molar refractivity (Wildman–Crippen MR) is 173 cm³/mol. The Morgan fingerprint density at radius 3 is 1.89 bits per heavy atom. The maximum atomic E-state index is 4.36. The van der Waals surface area contributed by atoms with Gasteiger partial charge in [-0.3, -0.25) is 0 Å². The summed E-state index contributed by atoms with van der Waals surface area (Å²) in [7, 11) is 0. The van der Waals surface area contributed by atoms with Crippen LogP contribution in [0.25, 0.3) is 5.57 Å². The molecule has 0 aliphatic heterocycles. The van der Waals surface area contributed by atoms with Crippen molar-refractivity contribution in [2.45, 2.75) is 101 Å². The zero-order chi connectivity index (χ0) is 28.6. The molecule has 0 heterocycles. The minimum absolute atomic E-state index is 0.570. The molecule has 2 aromatic carbocycles. The van der Waals surface area contributed by atoms with Crippen LogP contribution in [0.1, 0.15) is 118 Å². The molecule has 0 radical (unpaired) electrons. The van der Waals surface area contributed by atoms with Crippen LogP contribution in [0.5, 0.6) is 0 Å². The van der Waals surface area contributed by atoms with Crippen LogP contribution >= 0.6 is 0 Å². The third-order valence-electron chi connectivity index (χ3n) is 6.36. The summed E-state index contributed by atoms with van der Waals surface area (Å²) in [6.45, 7) is 26.9. The van der Waals surface area contributed by atoms with E-state index in [-0.39, 0.29) is 0 Å². The van der Waals surface area contributed by atoms with Crippen molar-refractivity contribution in [1.29, 1.82) is 0 Å². The van der Waals surface area contributed by atoms with E-state index in [2.05, 4.69) is 105 Å². The molecule has 0 amide bonds. The van der Waals surface area contributed by atoms with Crippen molar-refractivity contribution in [3.8, 4) is 0 Å². The lowest BCUT2D eigenvalue weighted by Crippen LogP contribution is -2.13. The third kappa shape index (κ3) is 12.0. The second-order valence-electron chi connectivity index (χ2n) is 8.23. The fraction of sp³-hybridized carbons (Fsp3) is 0.459. The molecule has 0 bridgehead atoms. The molecule has 1 aliphatic carbocycles. The molecule has 1 fully saturated rings. The molecule has 1 saturated carbocycles. The summed E-state index contributed by atoms with van der Waals surface area (Å²) in [5.41, 5.74) is 5.34. The Morgan fingerprint density at radius 2 is 1.32 bits per heavy atom. The summed E-state index contributed by atoms with van der Waals surface area (Å²) < 4.78 is 0. The van der Waals surface area contributed by atoms with Crippen molar-refractivity contribution in [2.75, 3.05) is 0 Å². The van der Waals surface area contributed by atoms with Crippen LogP contribution in [-0.2, 0) is 0 Å². The maximum absolute atomic E-state index is 4.36. The molecular formula is C37H58. The Kier molecular flexibility index (Phi) is 23.5. The fourth-order valence-electron chi connectivity index (χ4n) is 4.95. The van der Waals surface area contributed by atoms with Gasteiger partial charge in [0.15, 0.2) is 0 Å². The molecule has 0 N–H and O–H groups in total. The van der Waals surface area contributed by atoms with E-state index < -0.39 is 0 Å². The molecule has 4 atom stereocenters. The quantitative estimate of drug-likeness (QED) is 0.261. The van der Waals surface area contributed by atoms with E-state index in [1.165, 1.54) is 29.5 Å². The summed E-state index contributed by atoms with van der Waals surface area (Å²) in [5, 5.41) is 0. The van der Waals surface area contributed by atoms with E-state index >= 15 is 0 Å². The average molecular weight is 503 g/mol. The zero-order valence-corrected chi connectivity index (χ0v) is 26.1. The first-order valence-corrected chi connectivity index (χ1v) is 14.9. The zero-order valence-electron chi connectivity index (χ0n) is 26.1. The van der Waals surface area contributed by atoms with Gasteiger partial charge in [0.25, 0.3) is 0 Å². The van der Waals surface area contributed by atoms with Crippen LogP contribution in [0.15, 0.2) is 97.6 Å². The molecule has 0 nitrogen and oxygen atoms in total. The van der Waals surface area contributed by atoms with Crippen LogP contribution in [0.2, 0.25) is 0 Å². The van der Waals surface area contributed by atoms with Crippen LogP contribution in [0, 0.1) is 11.8 Å². The summed E-state index contributed by atoms with van der Waals surface area (Å²) >= 11 is 0. The van der Waals surface area contributed by atoms with Gasteiger partial charge in [0.1, 0.15) is 0 Å².